The number of benzene rings is 1. The molecule has 0 bridgehead atoms. The SMILES string of the molecule is C=Cc1ccccc1CO[Si]CC(OCC)OCC. The molecule has 4 heteroatoms. The maximum absolute atomic E-state index is 5.71. The second kappa shape index (κ2) is 9.92. The molecule has 0 amide bonds. The lowest BCUT2D eigenvalue weighted by Gasteiger charge is -2.16. The molecule has 19 heavy (non-hydrogen) atoms. The molecule has 1 aromatic carbocycles. The minimum absolute atomic E-state index is 0.150. The van der Waals surface area contributed by atoms with Gasteiger partial charge in [0.25, 0.3) is 0 Å². The van der Waals surface area contributed by atoms with Crippen LogP contribution in [0.5, 0.6) is 0 Å². The Morgan fingerprint density at radius 1 is 1.21 bits per heavy atom. The molecule has 0 atom stereocenters. The summed E-state index contributed by atoms with van der Waals surface area (Å²) in [4.78, 5) is 0. The summed E-state index contributed by atoms with van der Waals surface area (Å²) < 4.78 is 16.6. The maximum Gasteiger partial charge on any atom is 0.235 e. The van der Waals surface area contributed by atoms with E-state index in [1.165, 1.54) is 0 Å². The van der Waals surface area contributed by atoms with Gasteiger partial charge in [-0.3, -0.25) is 0 Å². The van der Waals surface area contributed by atoms with Crippen molar-refractivity contribution in [1.82, 2.24) is 0 Å². The van der Waals surface area contributed by atoms with Crippen LogP contribution in [0.2, 0.25) is 6.04 Å². The quantitative estimate of drug-likeness (QED) is 0.373. The lowest BCUT2D eigenvalue weighted by Crippen LogP contribution is -2.20. The van der Waals surface area contributed by atoms with Crippen molar-refractivity contribution in [2.75, 3.05) is 13.2 Å². The van der Waals surface area contributed by atoms with Gasteiger partial charge in [-0.15, -0.1) is 0 Å². The van der Waals surface area contributed by atoms with Crippen LogP contribution in [0.15, 0.2) is 30.8 Å². The molecule has 1 aromatic rings. The Bertz CT molecular complexity index is 362. The standard InChI is InChI=1S/C15H22O3Si/c1-4-13-9-7-8-10-14(13)11-18-19-12-15(16-5-2)17-6-3/h4,7-10,15H,1,5-6,11-12H2,2-3H3. The van der Waals surface area contributed by atoms with Gasteiger partial charge < -0.3 is 13.9 Å². The van der Waals surface area contributed by atoms with Crippen molar-refractivity contribution in [3.05, 3.63) is 42.0 Å². The largest absolute Gasteiger partial charge is 0.413 e. The Balaban J connectivity index is 2.31. The Hall–Kier alpha value is -0.943. The molecule has 0 aliphatic heterocycles. The Labute approximate surface area is 118 Å². The first kappa shape index (κ1) is 16.1. The predicted octanol–water partition coefficient (Wildman–Crippen LogP) is 3.28. The minimum atomic E-state index is -0.150. The van der Waals surface area contributed by atoms with Crippen molar-refractivity contribution in [2.45, 2.75) is 32.8 Å². The fourth-order valence-electron chi connectivity index (χ4n) is 1.66. The highest BCUT2D eigenvalue weighted by Gasteiger charge is 2.09. The molecule has 0 fully saturated rings. The normalized spacial score (nSPS) is 10.9. The van der Waals surface area contributed by atoms with E-state index in [9.17, 15) is 0 Å². The van der Waals surface area contributed by atoms with Crippen molar-refractivity contribution >= 4 is 15.8 Å². The first-order valence-corrected chi connectivity index (χ1v) is 7.71. The van der Waals surface area contributed by atoms with E-state index in [1.807, 2.05) is 38.1 Å². The van der Waals surface area contributed by atoms with E-state index in [-0.39, 0.29) is 6.29 Å². The van der Waals surface area contributed by atoms with Crippen LogP contribution >= 0.6 is 0 Å². The third-order valence-electron chi connectivity index (χ3n) is 2.56. The summed E-state index contributed by atoms with van der Waals surface area (Å²) >= 11 is 0. The van der Waals surface area contributed by atoms with Crippen molar-refractivity contribution in [2.24, 2.45) is 0 Å². The molecular formula is C15H22O3Si. The van der Waals surface area contributed by atoms with Gasteiger partial charge in [-0.1, -0.05) is 36.9 Å². The van der Waals surface area contributed by atoms with Gasteiger partial charge in [-0.05, 0) is 25.0 Å². The van der Waals surface area contributed by atoms with Crippen LogP contribution in [0.4, 0.5) is 0 Å². The summed E-state index contributed by atoms with van der Waals surface area (Å²) in [6.07, 6.45) is 1.70. The zero-order valence-corrected chi connectivity index (χ0v) is 12.7. The summed E-state index contributed by atoms with van der Waals surface area (Å²) in [6.45, 7) is 9.67. The molecule has 104 valence electrons. The van der Waals surface area contributed by atoms with E-state index in [2.05, 4.69) is 12.6 Å². The Morgan fingerprint density at radius 2 is 1.89 bits per heavy atom. The van der Waals surface area contributed by atoms with Crippen molar-refractivity contribution in [3.63, 3.8) is 0 Å². The van der Waals surface area contributed by atoms with E-state index < -0.39 is 0 Å². The molecule has 1 rings (SSSR count). The van der Waals surface area contributed by atoms with Gasteiger partial charge in [0, 0.05) is 19.3 Å². The first-order chi connectivity index (χ1) is 9.31. The zero-order valence-electron chi connectivity index (χ0n) is 11.7. The summed E-state index contributed by atoms with van der Waals surface area (Å²) in [6, 6.07) is 8.89. The smallest absolute Gasteiger partial charge is 0.235 e. The molecule has 0 spiro atoms. The second-order valence-electron chi connectivity index (χ2n) is 3.88. The third kappa shape index (κ3) is 6.16. The first-order valence-electron chi connectivity index (χ1n) is 6.60. The molecule has 0 saturated carbocycles. The topological polar surface area (TPSA) is 27.7 Å². The highest BCUT2D eigenvalue weighted by molar-refractivity contribution is 6.27. The Kier molecular flexibility index (Phi) is 8.41. The van der Waals surface area contributed by atoms with Crippen LogP contribution in [-0.2, 0) is 20.5 Å². The van der Waals surface area contributed by atoms with E-state index in [0.717, 1.165) is 17.2 Å². The fourth-order valence-corrected chi connectivity index (χ4v) is 2.41. The van der Waals surface area contributed by atoms with Gasteiger partial charge in [0.15, 0.2) is 6.29 Å². The van der Waals surface area contributed by atoms with Gasteiger partial charge >= 0.3 is 0 Å². The van der Waals surface area contributed by atoms with Crippen LogP contribution in [0.1, 0.15) is 25.0 Å². The molecule has 0 N–H and O–H groups in total. The second-order valence-corrected chi connectivity index (χ2v) is 4.87. The molecule has 0 aromatic heterocycles. The van der Waals surface area contributed by atoms with E-state index >= 15 is 0 Å². The summed E-state index contributed by atoms with van der Waals surface area (Å²) in [7, 11) is 0.371. The molecule has 3 nitrogen and oxygen atoms in total. The summed E-state index contributed by atoms with van der Waals surface area (Å²) in [5.41, 5.74) is 2.29. The number of hydrogen-bond donors (Lipinski definition) is 0. The molecular weight excluding hydrogens is 256 g/mol. The van der Waals surface area contributed by atoms with Crippen LogP contribution in [0.3, 0.4) is 0 Å². The zero-order chi connectivity index (χ0) is 13.9. The average Bonchev–Trinajstić information content (AvgIpc) is 2.44. The molecule has 2 radical (unpaired) electrons. The third-order valence-corrected chi connectivity index (χ3v) is 3.41. The van der Waals surface area contributed by atoms with Gasteiger partial charge in [-0.25, -0.2) is 0 Å². The van der Waals surface area contributed by atoms with Crippen LogP contribution in [0, 0.1) is 0 Å². The lowest BCUT2D eigenvalue weighted by atomic mass is 10.1. The van der Waals surface area contributed by atoms with Gasteiger partial charge in [0.2, 0.25) is 9.76 Å². The number of rotatable bonds is 10. The van der Waals surface area contributed by atoms with Crippen molar-refractivity contribution < 1.29 is 13.9 Å². The van der Waals surface area contributed by atoms with Crippen LogP contribution in [-0.4, -0.2) is 29.3 Å². The molecule has 0 heterocycles. The molecule has 0 saturated heterocycles. The van der Waals surface area contributed by atoms with Gasteiger partial charge in [0.05, 0.1) is 6.61 Å². The van der Waals surface area contributed by atoms with Gasteiger partial charge in [-0.2, -0.15) is 0 Å². The van der Waals surface area contributed by atoms with E-state index in [4.69, 9.17) is 13.9 Å². The van der Waals surface area contributed by atoms with E-state index in [0.29, 0.717) is 29.6 Å². The number of ether oxygens (including phenoxy) is 2. The monoisotopic (exact) mass is 278 g/mol. The summed E-state index contributed by atoms with van der Waals surface area (Å²) in [5, 5.41) is 0. The molecule has 0 aliphatic carbocycles. The predicted molar refractivity (Wildman–Crippen MR) is 78.9 cm³/mol. The van der Waals surface area contributed by atoms with E-state index in [1.54, 1.807) is 0 Å². The molecule has 0 aliphatic rings. The van der Waals surface area contributed by atoms with Crippen LogP contribution < -0.4 is 0 Å². The fraction of sp³-hybridized carbons (Fsp3) is 0.467. The van der Waals surface area contributed by atoms with Gasteiger partial charge in [0.1, 0.15) is 0 Å². The highest BCUT2D eigenvalue weighted by Crippen LogP contribution is 2.11. The van der Waals surface area contributed by atoms with Crippen molar-refractivity contribution in [3.8, 4) is 0 Å². The Morgan fingerprint density at radius 3 is 2.53 bits per heavy atom. The minimum Gasteiger partial charge on any atom is -0.413 e. The lowest BCUT2D eigenvalue weighted by molar-refractivity contribution is -0.124. The maximum atomic E-state index is 5.71. The summed E-state index contributed by atoms with van der Waals surface area (Å²) in [5.74, 6) is 0. The van der Waals surface area contributed by atoms with Crippen LogP contribution in [0.25, 0.3) is 6.08 Å². The number of hydrogen-bond acceptors (Lipinski definition) is 3. The average molecular weight is 278 g/mol. The molecule has 0 unspecified atom stereocenters. The van der Waals surface area contributed by atoms with Crippen molar-refractivity contribution in [1.29, 1.82) is 0 Å². The highest BCUT2D eigenvalue weighted by atomic mass is 28.2.